The van der Waals surface area contributed by atoms with E-state index in [0.717, 1.165) is 11.5 Å². The Morgan fingerprint density at radius 2 is 1.80 bits per heavy atom. The first-order valence-corrected chi connectivity index (χ1v) is 7.43. The van der Waals surface area contributed by atoms with Gasteiger partial charge in [-0.25, -0.2) is 0 Å². The van der Waals surface area contributed by atoms with Gasteiger partial charge in [0, 0.05) is 20.2 Å². The number of likely N-dealkylation sites (N-methyl/N-ethyl adjacent to an activating group) is 1. The third kappa shape index (κ3) is 6.47. The van der Waals surface area contributed by atoms with E-state index in [-0.39, 0.29) is 0 Å². The Morgan fingerprint density at radius 1 is 1.30 bits per heavy atom. The molecule has 0 aromatic rings. The van der Waals surface area contributed by atoms with E-state index in [9.17, 15) is 0 Å². The van der Waals surface area contributed by atoms with Gasteiger partial charge in [0.2, 0.25) is 5.76 Å². The van der Waals surface area contributed by atoms with Gasteiger partial charge >= 0.3 is 35.2 Å². The summed E-state index contributed by atoms with van der Waals surface area (Å²) in [6, 6.07) is 0. The van der Waals surface area contributed by atoms with E-state index in [1.807, 2.05) is 19.0 Å². The number of rotatable bonds is 3. The van der Waals surface area contributed by atoms with Crippen molar-refractivity contribution < 1.29 is 43.8 Å². The number of hydrogen-bond donors (Lipinski definition) is 2. The van der Waals surface area contributed by atoms with Gasteiger partial charge in [-0.2, -0.15) is 4.79 Å². The van der Waals surface area contributed by atoms with Gasteiger partial charge in [-0.05, 0) is 0 Å². The van der Waals surface area contributed by atoms with E-state index in [1.165, 1.54) is 0 Å². The Labute approximate surface area is 118 Å². The molecule has 0 amide bonds. The second-order valence-corrected chi connectivity index (χ2v) is 5.19. The van der Waals surface area contributed by atoms with Crippen LogP contribution in [0.15, 0.2) is 23.3 Å². The first-order chi connectivity index (χ1) is 9.13. The Balaban J connectivity index is 0.000000621. The zero-order valence-corrected chi connectivity index (χ0v) is 12.8. The molecule has 0 fully saturated rings. The average molecular weight is 327 g/mol. The maximum atomic E-state index is 8.82. The quantitative estimate of drug-likeness (QED) is 0.535. The molecule has 0 aromatic heterocycles. The monoisotopic (exact) mass is 327 g/mol. The molecule has 114 valence electrons. The summed E-state index contributed by atoms with van der Waals surface area (Å²) < 4.78 is 42.2. The van der Waals surface area contributed by atoms with Gasteiger partial charge in [0.15, 0.2) is 0 Å². The molecule has 1 aliphatic rings. The van der Waals surface area contributed by atoms with E-state index >= 15 is 0 Å². The molecule has 0 saturated carbocycles. The van der Waals surface area contributed by atoms with E-state index < -0.39 is 13.6 Å². The van der Waals surface area contributed by atoms with Crippen molar-refractivity contribution in [3.8, 4) is 0 Å². The van der Waals surface area contributed by atoms with Gasteiger partial charge in [0.1, 0.15) is 12.2 Å². The molecule has 20 heavy (non-hydrogen) atoms. The minimum absolute atomic E-state index is 0.431. The van der Waals surface area contributed by atoms with Crippen LogP contribution >= 0.6 is 0 Å². The van der Waals surface area contributed by atoms with Crippen LogP contribution in [0.2, 0.25) is 0 Å². The molecule has 0 radical (unpaired) electrons. The molecule has 0 atom stereocenters. The summed E-state index contributed by atoms with van der Waals surface area (Å²) in [5, 5.41) is 0. The van der Waals surface area contributed by atoms with Gasteiger partial charge in [0.25, 0.3) is 0 Å². The first-order valence-electron chi connectivity index (χ1n) is 5.25. The maximum absolute atomic E-state index is 8.82. The molecule has 2 N–H and O–H groups in total. The van der Waals surface area contributed by atoms with Crippen LogP contribution in [0.5, 0.6) is 0 Å². The van der Waals surface area contributed by atoms with Crippen molar-refractivity contribution in [1.82, 2.24) is 4.90 Å². The van der Waals surface area contributed by atoms with Gasteiger partial charge in [-0.3, -0.25) is 0 Å². The Morgan fingerprint density at radius 3 is 2.10 bits per heavy atom. The molecule has 1 rings (SSSR count). The fraction of sp³-hybridized carbons (Fsp3) is 0.500. The van der Waals surface area contributed by atoms with Gasteiger partial charge in [-0.1, -0.05) is 0 Å². The van der Waals surface area contributed by atoms with Gasteiger partial charge < -0.3 is 19.9 Å². The predicted molar refractivity (Wildman–Crippen MR) is 61.9 cm³/mol. The number of methoxy groups -OCH3 is 2. The zero-order chi connectivity index (χ0) is 15.9. The predicted octanol–water partition coefficient (Wildman–Crippen LogP) is -0.343. The molecule has 0 heterocycles. The van der Waals surface area contributed by atoms with Gasteiger partial charge in [-0.15, -0.1) is 0 Å². The molecule has 0 saturated heterocycles. The number of allylic oxidation sites excluding steroid dienone is 3. The normalized spacial score (nSPS) is 14.7. The summed E-state index contributed by atoms with van der Waals surface area (Å²) in [6.07, 6.45) is 2.22. The van der Waals surface area contributed by atoms with Crippen LogP contribution in [-0.4, -0.2) is 52.0 Å². The van der Waals surface area contributed by atoms with E-state index in [1.54, 1.807) is 20.3 Å². The molecule has 10 heteroatoms. The summed E-state index contributed by atoms with van der Waals surface area (Å²) in [4.78, 5) is 5.11. The van der Waals surface area contributed by atoms with E-state index in [4.69, 9.17) is 30.9 Å². The second kappa shape index (κ2) is 7.79. The molecule has 0 unspecified atom stereocenters. The van der Waals surface area contributed by atoms with Crippen LogP contribution in [0, 0.1) is 0 Å². The van der Waals surface area contributed by atoms with Crippen molar-refractivity contribution >= 4 is 5.71 Å². The summed E-state index contributed by atoms with van der Waals surface area (Å²) >= 11 is -5.25. The molecular formula is C10H17CrN3O6. The Kier molecular flexibility index (Phi) is 7.14. The van der Waals surface area contributed by atoms with E-state index in [0.29, 0.717) is 17.9 Å². The third-order valence-corrected chi connectivity index (χ3v) is 2.23. The molecule has 0 spiro atoms. The van der Waals surface area contributed by atoms with E-state index in [2.05, 4.69) is 4.79 Å². The van der Waals surface area contributed by atoms with Crippen LogP contribution in [0.3, 0.4) is 0 Å². The van der Waals surface area contributed by atoms with Crippen molar-refractivity contribution in [1.29, 1.82) is 0 Å². The van der Waals surface area contributed by atoms with Crippen LogP contribution < -0.4 is 0 Å². The molecule has 0 bridgehead atoms. The average Bonchev–Trinajstić information content (AvgIpc) is 2.34. The minimum atomic E-state index is -5.25. The van der Waals surface area contributed by atoms with Crippen molar-refractivity contribution in [2.24, 2.45) is 0 Å². The topological polar surface area (TPSA) is 133 Å². The second-order valence-electron chi connectivity index (χ2n) is 3.79. The van der Waals surface area contributed by atoms with Crippen LogP contribution in [0.25, 0.3) is 5.53 Å². The van der Waals surface area contributed by atoms with Gasteiger partial charge in [0.05, 0.1) is 19.9 Å². The van der Waals surface area contributed by atoms with Crippen LogP contribution in [-0.2, 0) is 30.7 Å². The van der Waals surface area contributed by atoms with Crippen molar-refractivity contribution in [3.63, 3.8) is 0 Å². The Bertz CT molecular complexity index is 550. The zero-order valence-electron chi connectivity index (χ0n) is 11.6. The standard InChI is InChI=1S/C10H15N3O2.Cr.2H2O.2O/c1-13(2)8-6-9(14-3)7(12-11)5-10(8)15-4;;;;;/h6H,5H2,1-4H3;;2*1H2;;/q;+2;;;;/p-2. The number of nitrogens with zero attached hydrogens (tertiary/aromatic N) is 3. The summed E-state index contributed by atoms with van der Waals surface area (Å²) in [7, 11) is 6.97. The number of hydrogen-bond acceptors (Lipinski definition) is 5. The molecule has 0 aliphatic heterocycles. The molecular weight excluding hydrogens is 310 g/mol. The SMILES string of the molecule is COC1=CC(N(C)C)=C(OC)CC1=[N+]=[N-].[O]=[Cr](=[O])([OH])[OH]. The Hall–Kier alpha value is -1.69. The summed E-state index contributed by atoms with van der Waals surface area (Å²) in [5.41, 5.74) is 10.2. The van der Waals surface area contributed by atoms with Crippen molar-refractivity contribution in [2.45, 2.75) is 6.42 Å². The molecule has 9 nitrogen and oxygen atoms in total. The summed E-state index contributed by atoms with van der Waals surface area (Å²) in [6.45, 7) is 0. The van der Waals surface area contributed by atoms with Crippen LogP contribution in [0.1, 0.15) is 6.42 Å². The van der Waals surface area contributed by atoms with Crippen molar-refractivity contribution in [2.75, 3.05) is 28.3 Å². The molecule has 1 aliphatic carbocycles. The third-order valence-electron chi connectivity index (χ3n) is 2.23. The summed E-state index contributed by atoms with van der Waals surface area (Å²) in [5.74, 6) is 1.32. The fourth-order valence-electron chi connectivity index (χ4n) is 1.43. The number of ether oxygens (including phenoxy) is 2. The fourth-order valence-corrected chi connectivity index (χ4v) is 1.43. The molecule has 0 aromatic carbocycles. The van der Waals surface area contributed by atoms with Crippen molar-refractivity contribution in [3.05, 3.63) is 28.8 Å². The van der Waals surface area contributed by atoms with Crippen LogP contribution in [0.4, 0.5) is 0 Å². The first kappa shape index (κ1) is 18.3.